The zero-order valence-electron chi connectivity index (χ0n) is 13.5. The zero-order chi connectivity index (χ0) is 17.9. The first-order valence-electron chi connectivity index (χ1n) is 6.98. The molecule has 0 saturated carbocycles. The second-order valence-electron chi connectivity index (χ2n) is 5.21. The van der Waals surface area contributed by atoms with Gasteiger partial charge in [0.1, 0.15) is 4.88 Å². The van der Waals surface area contributed by atoms with Crippen molar-refractivity contribution >= 4 is 38.8 Å². The van der Waals surface area contributed by atoms with Gasteiger partial charge in [0.25, 0.3) is 0 Å². The topological polar surface area (TPSA) is 80.8 Å². The van der Waals surface area contributed by atoms with Crippen LogP contribution in [0.5, 0.6) is 0 Å². The molecule has 24 heavy (non-hydrogen) atoms. The minimum atomic E-state index is -3.36. The molecule has 128 valence electrons. The molecule has 8 heteroatoms. The largest absolute Gasteiger partial charge is 0.453 e. The van der Waals surface area contributed by atoms with Gasteiger partial charge in [0, 0.05) is 12.6 Å². The number of aryl methyl sites for hydroxylation is 1. The third-order valence-corrected chi connectivity index (χ3v) is 5.63. The van der Waals surface area contributed by atoms with E-state index in [-0.39, 0.29) is 12.4 Å². The van der Waals surface area contributed by atoms with Gasteiger partial charge in [-0.2, -0.15) is 0 Å². The highest BCUT2D eigenvalue weighted by atomic mass is 32.2. The molecule has 2 rings (SSSR count). The average molecular weight is 367 g/mol. The van der Waals surface area contributed by atoms with Gasteiger partial charge in [0.05, 0.1) is 11.9 Å². The summed E-state index contributed by atoms with van der Waals surface area (Å²) in [7, 11) is -1.93. The van der Waals surface area contributed by atoms with Crippen LogP contribution in [0.1, 0.15) is 25.6 Å². The predicted molar refractivity (Wildman–Crippen MR) is 93.4 cm³/mol. The van der Waals surface area contributed by atoms with Crippen molar-refractivity contribution in [2.75, 3.05) is 24.2 Å². The normalized spacial score (nSPS) is 11.1. The Bertz CT molecular complexity index is 853. The number of carbonyl (C=O) groups is 2. The van der Waals surface area contributed by atoms with E-state index in [1.807, 2.05) is 0 Å². The molecule has 0 atom stereocenters. The minimum absolute atomic E-state index is 0.344. The number of sulfonamides is 1. The summed E-state index contributed by atoms with van der Waals surface area (Å²) >= 11 is 1.26. The molecule has 0 fully saturated rings. The highest BCUT2D eigenvalue weighted by Crippen LogP contribution is 2.18. The van der Waals surface area contributed by atoms with E-state index < -0.39 is 16.0 Å². The summed E-state index contributed by atoms with van der Waals surface area (Å²) in [6.07, 6.45) is 1.10. The Labute approximate surface area is 144 Å². The van der Waals surface area contributed by atoms with Crippen LogP contribution in [0, 0.1) is 6.92 Å². The number of benzene rings is 1. The molecule has 0 unspecified atom stereocenters. The van der Waals surface area contributed by atoms with Gasteiger partial charge in [-0.05, 0) is 48.2 Å². The Morgan fingerprint density at radius 2 is 1.79 bits per heavy atom. The SMILES string of the molecule is Cc1ccsc1C(=O)OCC(=O)c1ccc(N(C)S(C)(=O)=O)cc1. The van der Waals surface area contributed by atoms with E-state index in [1.54, 1.807) is 18.4 Å². The number of Topliss-reactive ketones (excluding diaryl/α,β-unsaturated/α-hetero) is 1. The fourth-order valence-corrected chi connectivity index (χ4v) is 3.23. The number of anilines is 1. The monoisotopic (exact) mass is 367 g/mol. The summed E-state index contributed by atoms with van der Waals surface area (Å²) in [5, 5.41) is 1.78. The van der Waals surface area contributed by atoms with Crippen LogP contribution >= 0.6 is 11.3 Å². The molecule has 1 heterocycles. The molecule has 0 spiro atoms. The number of hydrogen-bond acceptors (Lipinski definition) is 6. The lowest BCUT2D eigenvalue weighted by molar-refractivity contribution is 0.0479. The molecule has 1 aromatic heterocycles. The van der Waals surface area contributed by atoms with Crippen LogP contribution in [0.4, 0.5) is 5.69 Å². The van der Waals surface area contributed by atoms with Crippen molar-refractivity contribution in [3.8, 4) is 0 Å². The van der Waals surface area contributed by atoms with Crippen LogP contribution in [0.25, 0.3) is 0 Å². The van der Waals surface area contributed by atoms with E-state index in [4.69, 9.17) is 4.74 Å². The maximum atomic E-state index is 12.1. The van der Waals surface area contributed by atoms with E-state index >= 15 is 0 Å². The molecule has 0 bridgehead atoms. The molecule has 1 aromatic carbocycles. The Kier molecular flexibility index (Phi) is 5.40. The Balaban J connectivity index is 2.01. The van der Waals surface area contributed by atoms with Crippen molar-refractivity contribution < 1.29 is 22.7 Å². The van der Waals surface area contributed by atoms with Crippen LogP contribution in [0.3, 0.4) is 0 Å². The van der Waals surface area contributed by atoms with Gasteiger partial charge in [0.2, 0.25) is 10.0 Å². The van der Waals surface area contributed by atoms with Crippen molar-refractivity contribution in [3.63, 3.8) is 0 Å². The summed E-state index contributed by atoms with van der Waals surface area (Å²) in [6.45, 7) is 1.43. The van der Waals surface area contributed by atoms with Crippen LogP contribution in [-0.4, -0.2) is 40.1 Å². The highest BCUT2D eigenvalue weighted by Gasteiger charge is 2.16. The lowest BCUT2D eigenvalue weighted by atomic mass is 10.1. The van der Waals surface area contributed by atoms with E-state index in [0.29, 0.717) is 16.1 Å². The Hall–Kier alpha value is -2.19. The lowest BCUT2D eigenvalue weighted by Gasteiger charge is -2.16. The lowest BCUT2D eigenvalue weighted by Crippen LogP contribution is -2.24. The first kappa shape index (κ1) is 18.2. The van der Waals surface area contributed by atoms with Crippen molar-refractivity contribution in [2.24, 2.45) is 0 Å². The predicted octanol–water partition coefficient (Wildman–Crippen LogP) is 2.49. The summed E-state index contributed by atoms with van der Waals surface area (Å²) in [4.78, 5) is 24.4. The Morgan fingerprint density at radius 1 is 1.17 bits per heavy atom. The van der Waals surface area contributed by atoms with Crippen molar-refractivity contribution in [1.82, 2.24) is 0 Å². The quantitative estimate of drug-likeness (QED) is 0.579. The minimum Gasteiger partial charge on any atom is -0.453 e. The van der Waals surface area contributed by atoms with Gasteiger partial charge in [0.15, 0.2) is 12.4 Å². The second-order valence-corrected chi connectivity index (χ2v) is 8.14. The van der Waals surface area contributed by atoms with Gasteiger partial charge in [-0.25, -0.2) is 13.2 Å². The van der Waals surface area contributed by atoms with Gasteiger partial charge in [-0.15, -0.1) is 11.3 Å². The first-order valence-corrected chi connectivity index (χ1v) is 9.71. The molecule has 2 aromatic rings. The maximum Gasteiger partial charge on any atom is 0.349 e. The standard InChI is InChI=1S/C16H17NO5S2/c1-11-8-9-23-15(11)16(19)22-10-14(18)12-4-6-13(7-5-12)17(2)24(3,20)21/h4-9H,10H2,1-3H3. The van der Waals surface area contributed by atoms with Gasteiger partial charge in [-0.1, -0.05) is 0 Å². The molecular formula is C16H17NO5S2. The number of ether oxygens (including phenoxy) is 1. The molecule has 0 aliphatic rings. The summed E-state index contributed by atoms with van der Waals surface area (Å²) in [6, 6.07) is 7.87. The van der Waals surface area contributed by atoms with Gasteiger partial charge >= 0.3 is 5.97 Å². The van der Waals surface area contributed by atoms with E-state index in [9.17, 15) is 18.0 Å². The molecule has 0 amide bonds. The second kappa shape index (κ2) is 7.14. The van der Waals surface area contributed by atoms with Crippen molar-refractivity contribution in [2.45, 2.75) is 6.92 Å². The van der Waals surface area contributed by atoms with E-state index in [0.717, 1.165) is 16.1 Å². The third kappa shape index (κ3) is 4.21. The number of thiophene rings is 1. The summed E-state index contributed by atoms with van der Waals surface area (Å²) in [5.41, 5.74) is 1.60. The Morgan fingerprint density at radius 3 is 2.29 bits per heavy atom. The maximum absolute atomic E-state index is 12.1. The number of ketones is 1. The van der Waals surface area contributed by atoms with Crippen molar-refractivity contribution in [1.29, 1.82) is 0 Å². The number of nitrogens with zero attached hydrogens (tertiary/aromatic N) is 1. The number of rotatable bonds is 6. The molecule has 6 nitrogen and oxygen atoms in total. The third-order valence-electron chi connectivity index (χ3n) is 3.43. The summed E-state index contributed by atoms with van der Waals surface area (Å²) < 4.78 is 29.1. The smallest absolute Gasteiger partial charge is 0.349 e. The molecule has 0 radical (unpaired) electrons. The van der Waals surface area contributed by atoms with Crippen LogP contribution in [0.2, 0.25) is 0 Å². The average Bonchev–Trinajstić information content (AvgIpc) is 2.97. The number of hydrogen-bond donors (Lipinski definition) is 0. The molecule has 0 aliphatic carbocycles. The van der Waals surface area contributed by atoms with E-state index in [2.05, 4.69) is 0 Å². The molecule has 0 saturated heterocycles. The fourth-order valence-electron chi connectivity index (χ4n) is 1.91. The van der Waals surface area contributed by atoms with Gasteiger partial charge in [-0.3, -0.25) is 9.10 Å². The fraction of sp³-hybridized carbons (Fsp3) is 0.250. The molecule has 0 aliphatic heterocycles. The zero-order valence-corrected chi connectivity index (χ0v) is 15.1. The summed E-state index contributed by atoms with van der Waals surface area (Å²) in [5.74, 6) is -0.879. The molecule has 0 N–H and O–H groups in total. The van der Waals surface area contributed by atoms with E-state index in [1.165, 1.54) is 42.6 Å². The highest BCUT2D eigenvalue weighted by molar-refractivity contribution is 7.92. The first-order chi connectivity index (χ1) is 11.2. The van der Waals surface area contributed by atoms with Gasteiger partial charge < -0.3 is 4.74 Å². The van der Waals surface area contributed by atoms with Crippen LogP contribution in [0.15, 0.2) is 35.7 Å². The van der Waals surface area contributed by atoms with Crippen LogP contribution in [-0.2, 0) is 14.8 Å². The number of esters is 1. The molecular weight excluding hydrogens is 350 g/mol. The van der Waals surface area contributed by atoms with Crippen LogP contribution < -0.4 is 4.31 Å². The van der Waals surface area contributed by atoms with Crippen molar-refractivity contribution in [3.05, 3.63) is 51.7 Å². The number of carbonyl (C=O) groups excluding carboxylic acids is 2.